The molecule has 0 radical (unpaired) electrons. The molecule has 2 rings (SSSR count). The minimum atomic E-state index is -4.41. The first-order chi connectivity index (χ1) is 9.90. The van der Waals surface area contributed by atoms with Crippen LogP contribution in [0.3, 0.4) is 0 Å². The van der Waals surface area contributed by atoms with E-state index in [1.807, 2.05) is 0 Å². The molecule has 1 aromatic carbocycles. The van der Waals surface area contributed by atoms with Gasteiger partial charge in [-0.25, -0.2) is 0 Å². The molecular weight excluding hydrogens is 299 g/mol. The molecule has 1 nitrogen and oxygen atoms in total. The van der Waals surface area contributed by atoms with Crippen LogP contribution in [0.25, 0.3) is 0 Å². The van der Waals surface area contributed by atoms with Gasteiger partial charge in [-0.15, -0.1) is 0 Å². The van der Waals surface area contributed by atoms with E-state index in [0.717, 1.165) is 37.7 Å². The number of nitrogens with one attached hydrogen (secondary N) is 1. The zero-order valence-electron chi connectivity index (χ0n) is 12.1. The van der Waals surface area contributed by atoms with Crippen LogP contribution in [0.4, 0.5) is 18.9 Å². The van der Waals surface area contributed by atoms with Crippen LogP contribution in [0.2, 0.25) is 5.02 Å². The third kappa shape index (κ3) is 4.53. The van der Waals surface area contributed by atoms with Gasteiger partial charge in [-0.05, 0) is 49.8 Å². The summed E-state index contributed by atoms with van der Waals surface area (Å²) in [6, 6.07) is 4.31. The van der Waals surface area contributed by atoms with E-state index in [4.69, 9.17) is 11.6 Å². The molecule has 0 unspecified atom stereocenters. The largest absolute Gasteiger partial charge is 0.417 e. The topological polar surface area (TPSA) is 12.0 Å². The summed E-state index contributed by atoms with van der Waals surface area (Å²) in [5, 5.41) is 2.97. The fourth-order valence-electron chi connectivity index (χ4n) is 3.07. The summed E-state index contributed by atoms with van der Waals surface area (Å²) in [7, 11) is 0. The van der Waals surface area contributed by atoms with E-state index in [2.05, 4.69) is 12.2 Å². The first kappa shape index (κ1) is 16.5. The highest BCUT2D eigenvalue weighted by Gasteiger charge is 2.33. The lowest BCUT2D eigenvalue weighted by Gasteiger charge is -2.29. The lowest BCUT2D eigenvalue weighted by molar-refractivity contribution is -0.137. The number of anilines is 1. The maximum atomic E-state index is 12.8. The van der Waals surface area contributed by atoms with Crippen molar-refractivity contribution < 1.29 is 13.2 Å². The van der Waals surface area contributed by atoms with Crippen LogP contribution in [0, 0.1) is 5.92 Å². The minimum Gasteiger partial charge on any atom is -0.382 e. The first-order valence-corrected chi connectivity index (χ1v) is 7.91. The third-order valence-corrected chi connectivity index (χ3v) is 4.52. The molecule has 0 bridgehead atoms. The average molecular weight is 320 g/mol. The van der Waals surface area contributed by atoms with Crippen molar-refractivity contribution in [3.63, 3.8) is 0 Å². The molecule has 21 heavy (non-hydrogen) atoms. The van der Waals surface area contributed by atoms with Crippen molar-refractivity contribution in [2.45, 2.75) is 57.7 Å². The van der Waals surface area contributed by atoms with Gasteiger partial charge in [0.2, 0.25) is 0 Å². The summed E-state index contributed by atoms with van der Waals surface area (Å²) in [5.74, 6) is 0.781. The number of hydrogen-bond acceptors (Lipinski definition) is 1. The summed E-state index contributed by atoms with van der Waals surface area (Å²) in [6.45, 7) is 2.19. The Morgan fingerprint density at radius 3 is 2.43 bits per heavy atom. The highest BCUT2D eigenvalue weighted by atomic mass is 35.5. The van der Waals surface area contributed by atoms with E-state index in [9.17, 15) is 13.2 Å². The predicted octanol–water partition coefficient (Wildman–Crippen LogP) is 6.13. The van der Waals surface area contributed by atoms with Crippen molar-refractivity contribution in [3.05, 3.63) is 28.8 Å². The fourth-order valence-corrected chi connectivity index (χ4v) is 3.30. The molecule has 0 heterocycles. The van der Waals surface area contributed by atoms with Gasteiger partial charge in [-0.3, -0.25) is 0 Å². The average Bonchev–Trinajstić information content (AvgIpc) is 2.42. The van der Waals surface area contributed by atoms with Gasteiger partial charge in [0, 0.05) is 11.7 Å². The van der Waals surface area contributed by atoms with Crippen molar-refractivity contribution in [3.8, 4) is 0 Å². The number of benzene rings is 1. The fraction of sp³-hybridized carbons (Fsp3) is 0.625. The minimum absolute atomic E-state index is 0.250. The molecule has 1 aliphatic carbocycles. The van der Waals surface area contributed by atoms with Crippen molar-refractivity contribution in [1.82, 2.24) is 0 Å². The molecule has 0 amide bonds. The van der Waals surface area contributed by atoms with E-state index < -0.39 is 11.7 Å². The second-order valence-corrected chi connectivity index (χ2v) is 6.25. The van der Waals surface area contributed by atoms with E-state index in [-0.39, 0.29) is 11.1 Å². The first-order valence-electron chi connectivity index (χ1n) is 7.53. The summed E-state index contributed by atoms with van der Waals surface area (Å²) in [6.07, 6.45) is 2.41. The molecule has 0 aromatic heterocycles. The van der Waals surface area contributed by atoms with Crippen LogP contribution in [0.5, 0.6) is 0 Å². The Morgan fingerprint density at radius 2 is 1.86 bits per heavy atom. The zero-order chi connectivity index (χ0) is 15.5. The second-order valence-electron chi connectivity index (χ2n) is 5.84. The summed E-state index contributed by atoms with van der Waals surface area (Å²) in [4.78, 5) is 0. The number of rotatable bonds is 4. The van der Waals surface area contributed by atoms with Gasteiger partial charge < -0.3 is 5.32 Å². The molecule has 1 N–H and O–H groups in total. The Bertz CT molecular complexity index is 465. The predicted molar refractivity (Wildman–Crippen MR) is 80.7 cm³/mol. The van der Waals surface area contributed by atoms with Crippen LogP contribution < -0.4 is 5.32 Å². The molecule has 0 spiro atoms. The lowest BCUT2D eigenvalue weighted by atomic mass is 9.83. The van der Waals surface area contributed by atoms with Crippen molar-refractivity contribution >= 4 is 17.3 Å². The van der Waals surface area contributed by atoms with Crippen LogP contribution in [-0.2, 0) is 6.18 Å². The summed E-state index contributed by atoms with van der Waals surface area (Å²) in [5.41, 5.74) is -0.264. The highest BCUT2D eigenvalue weighted by molar-refractivity contribution is 6.31. The van der Waals surface area contributed by atoms with Crippen LogP contribution in [0.15, 0.2) is 18.2 Å². The van der Waals surface area contributed by atoms with E-state index >= 15 is 0 Å². The molecule has 1 aromatic rings. The molecule has 0 saturated heterocycles. The van der Waals surface area contributed by atoms with Gasteiger partial charge in [-0.1, -0.05) is 31.4 Å². The lowest BCUT2D eigenvalue weighted by Crippen LogP contribution is -2.26. The number of halogens is 4. The van der Waals surface area contributed by atoms with Gasteiger partial charge in [0.25, 0.3) is 0 Å². The maximum Gasteiger partial charge on any atom is 0.417 e. The van der Waals surface area contributed by atoms with Gasteiger partial charge >= 0.3 is 6.18 Å². The van der Waals surface area contributed by atoms with E-state index in [1.54, 1.807) is 6.07 Å². The number of hydrogen-bond donors (Lipinski definition) is 1. The molecule has 0 atom stereocenters. The standard InChI is InChI=1S/C16H21ClF3N/c1-2-3-11-4-6-12(7-5-11)21-13-8-9-15(17)14(10-13)16(18,19)20/h8-12,21H,2-7H2,1H3. The third-order valence-electron chi connectivity index (χ3n) is 4.19. The summed E-state index contributed by atoms with van der Waals surface area (Å²) < 4.78 is 38.5. The molecule has 1 aliphatic rings. The van der Waals surface area contributed by atoms with Crippen LogP contribution in [0.1, 0.15) is 51.0 Å². The van der Waals surface area contributed by atoms with Crippen LogP contribution in [-0.4, -0.2) is 6.04 Å². The van der Waals surface area contributed by atoms with Gasteiger partial charge in [0.05, 0.1) is 10.6 Å². The quantitative estimate of drug-likeness (QED) is 0.704. The maximum absolute atomic E-state index is 12.8. The van der Waals surface area contributed by atoms with Gasteiger partial charge in [0.1, 0.15) is 0 Å². The van der Waals surface area contributed by atoms with E-state index in [1.165, 1.54) is 18.9 Å². The van der Waals surface area contributed by atoms with Crippen molar-refractivity contribution in [2.24, 2.45) is 5.92 Å². The normalized spacial score (nSPS) is 23.1. The Morgan fingerprint density at radius 1 is 1.19 bits per heavy atom. The Labute approximate surface area is 128 Å². The SMILES string of the molecule is CCCC1CCC(Nc2ccc(Cl)c(C(F)(F)F)c2)CC1. The Kier molecular flexibility index (Phi) is 5.42. The summed E-state index contributed by atoms with van der Waals surface area (Å²) >= 11 is 5.63. The molecule has 5 heteroatoms. The smallest absolute Gasteiger partial charge is 0.382 e. The highest BCUT2D eigenvalue weighted by Crippen LogP contribution is 2.37. The van der Waals surface area contributed by atoms with Gasteiger partial charge in [0.15, 0.2) is 0 Å². The Balaban J connectivity index is 1.98. The van der Waals surface area contributed by atoms with Gasteiger partial charge in [-0.2, -0.15) is 13.2 Å². The molecule has 0 aliphatic heterocycles. The Hall–Kier alpha value is -0.900. The van der Waals surface area contributed by atoms with E-state index in [0.29, 0.717) is 5.69 Å². The van der Waals surface area contributed by atoms with Crippen LogP contribution >= 0.6 is 11.6 Å². The van der Waals surface area contributed by atoms with Crippen molar-refractivity contribution in [2.75, 3.05) is 5.32 Å². The monoisotopic (exact) mass is 319 g/mol. The molecular formula is C16H21ClF3N. The van der Waals surface area contributed by atoms with Crippen molar-refractivity contribution in [1.29, 1.82) is 0 Å². The number of alkyl halides is 3. The zero-order valence-corrected chi connectivity index (χ0v) is 12.9. The molecule has 1 fully saturated rings. The molecule has 118 valence electrons. The second kappa shape index (κ2) is 6.91. The molecule has 1 saturated carbocycles.